The second-order valence-corrected chi connectivity index (χ2v) is 6.55. The van der Waals surface area contributed by atoms with E-state index >= 15 is 0 Å². The molecule has 0 aliphatic carbocycles. The minimum Gasteiger partial charge on any atom is -0.496 e. The van der Waals surface area contributed by atoms with Crippen LogP contribution in [0.15, 0.2) is 42.5 Å². The monoisotopic (exact) mass is 375 g/mol. The van der Waals surface area contributed by atoms with E-state index in [1.54, 1.807) is 49.6 Å². The summed E-state index contributed by atoms with van der Waals surface area (Å²) >= 11 is 5.88. The summed E-state index contributed by atoms with van der Waals surface area (Å²) in [5.41, 5.74) is 1.37. The van der Waals surface area contributed by atoms with E-state index in [1.165, 1.54) is 0 Å². The van der Waals surface area contributed by atoms with E-state index in [4.69, 9.17) is 25.8 Å². The van der Waals surface area contributed by atoms with Gasteiger partial charge in [0.25, 0.3) is 5.91 Å². The molecule has 138 valence electrons. The van der Waals surface area contributed by atoms with Crippen LogP contribution in [0.2, 0.25) is 5.02 Å². The molecule has 0 spiro atoms. The largest absolute Gasteiger partial charge is 0.496 e. The van der Waals surface area contributed by atoms with Gasteiger partial charge in [0.2, 0.25) is 0 Å². The van der Waals surface area contributed by atoms with Crippen LogP contribution in [-0.4, -0.2) is 32.3 Å². The third-order valence-corrected chi connectivity index (χ3v) is 4.52. The molecule has 1 amide bonds. The van der Waals surface area contributed by atoms with Crippen molar-refractivity contribution in [1.29, 1.82) is 0 Å². The Hall–Kier alpha value is -2.24. The lowest BCUT2D eigenvalue weighted by atomic mass is 10.1. The molecule has 0 radical (unpaired) electrons. The van der Waals surface area contributed by atoms with E-state index in [0.717, 1.165) is 25.0 Å². The highest BCUT2D eigenvalue weighted by Crippen LogP contribution is 2.23. The molecular formula is C20H22ClNO4. The lowest BCUT2D eigenvalue weighted by Gasteiger charge is -2.14. The van der Waals surface area contributed by atoms with Crippen molar-refractivity contribution in [2.24, 2.45) is 0 Å². The smallest absolute Gasteiger partial charge is 0.251 e. The summed E-state index contributed by atoms with van der Waals surface area (Å²) in [7, 11) is 1.60. The first-order valence-corrected chi connectivity index (χ1v) is 8.98. The number of hydrogen-bond donors (Lipinski definition) is 1. The van der Waals surface area contributed by atoms with Gasteiger partial charge in [-0.25, -0.2) is 0 Å². The van der Waals surface area contributed by atoms with Crippen molar-refractivity contribution in [3.8, 4) is 11.5 Å². The van der Waals surface area contributed by atoms with Crippen LogP contribution in [0.4, 0.5) is 0 Å². The third-order valence-electron chi connectivity index (χ3n) is 4.26. The van der Waals surface area contributed by atoms with Crippen LogP contribution < -0.4 is 14.8 Å². The fraction of sp³-hybridized carbons (Fsp3) is 0.350. The molecule has 6 heteroatoms. The van der Waals surface area contributed by atoms with E-state index in [2.05, 4.69) is 5.32 Å². The molecule has 1 aliphatic rings. The number of carbonyl (C=O) groups is 1. The van der Waals surface area contributed by atoms with Crippen LogP contribution in [0.3, 0.4) is 0 Å². The molecule has 1 aliphatic heterocycles. The number of hydrogen-bond acceptors (Lipinski definition) is 4. The van der Waals surface area contributed by atoms with Crippen LogP contribution in [0.5, 0.6) is 11.5 Å². The van der Waals surface area contributed by atoms with Crippen molar-refractivity contribution in [3.05, 3.63) is 58.6 Å². The summed E-state index contributed by atoms with van der Waals surface area (Å²) in [6, 6.07) is 12.4. The normalized spacial score (nSPS) is 16.3. The number of nitrogens with one attached hydrogen (secondary N) is 1. The number of carbonyl (C=O) groups excluding carboxylic acids is 1. The minimum atomic E-state index is -0.129. The Balaban J connectivity index is 1.64. The van der Waals surface area contributed by atoms with Gasteiger partial charge in [-0.05, 0) is 55.3 Å². The first-order chi connectivity index (χ1) is 12.7. The topological polar surface area (TPSA) is 56.8 Å². The molecule has 1 heterocycles. The maximum Gasteiger partial charge on any atom is 0.251 e. The Morgan fingerprint density at radius 2 is 2.08 bits per heavy atom. The molecule has 2 aromatic rings. The first kappa shape index (κ1) is 18.5. The van der Waals surface area contributed by atoms with Crippen LogP contribution in [-0.2, 0) is 11.3 Å². The quantitative estimate of drug-likeness (QED) is 0.798. The highest BCUT2D eigenvalue weighted by molar-refractivity contribution is 6.30. The van der Waals surface area contributed by atoms with Crippen molar-refractivity contribution in [2.75, 3.05) is 20.3 Å². The lowest BCUT2D eigenvalue weighted by Crippen LogP contribution is -2.31. The van der Waals surface area contributed by atoms with Gasteiger partial charge in [-0.3, -0.25) is 4.79 Å². The number of methoxy groups -OCH3 is 1. The molecule has 2 aromatic carbocycles. The van der Waals surface area contributed by atoms with Crippen molar-refractivity contribution in [3.63, 3.8) is 0 Å². The van der Waals surface area contributed by atoms with Crippen LogP contribution in [0, 0.1) is 0 Å². The molecule has 0 saturated carbocycles. The Morgan fingerprint density at radius 3 is 2.77 bits per heavy atom. The van der Waals surface area contributed by atoms with Gasteiger partial charge in [0.05, 0.1) is 13.2 Å². The summed E-state index contributed by atoms with van der Waals surface area (Å²) < 4.78 is 16.7. The Bertz CT molecular complexity index is 742. The highest BCUT2D eigenvalue weighted by Gasteiger charge is 2.17. The van der Waals surface area contributed by atoms with Crippen LogP contribution in [0.1, 0.15) is 28.8 Å². The van der Waals surface area contributed by atoms with Gasteiger partial charge in [0, 0.05) is 29.3 Å². The molecule has 0 unspecified atom stereocenters. The summed E-state index contributed by atoms with van der Waals surface area (Å²) in [5.74, 6) is 1.25. The second-order valence-electron chi connectivity index (χ2n) is 6.11. The summed E-state index contributed by atoms with van der Waals surface area (Å²) in [6.45, 7) is 1.59. The molecule has 1 saturated heterocycles. The van der Waals surface area contributed by atoms with E-state index in [1.807, 2.05) is 0 Å². The summed E-state index contributed by atoms with van der Waals surface area (Å²) in [5, 5.41) is 3.58. The average molecular weight is 376 g/mol. The highest BCUT2D eigenvalue weighted by atomic mass is 35.5. The average Bonchev–Trinajstić information content (AvgIpc) is 3.19. The maximum absolute atomic E-state index is 12.4. The molecule has 5 nitrogen and oxygen atoms in total. The molecular weight excluding hydrogens is 354 g/mol. The van der Waals surface area contributed by atoms with E-state index in [9.17, 15) is 4.79 Å². The Labute approximate surface area is 158 Å². The second kappa shape index (κ2) is 8.92. The third kappa shape index (κ3) is 4.90. The number of benzene rings is 2. The van der Waals surface area contributed by atoms with Gasteiger partial charge in [-0.1, -0.05) is 11.6 Å². The lowest BCUT2D eigenvalue weighted by molar-refractivity contribution is 0.0857. The molecule has 1 N–H and O–H groups in total. The van der Waals surface area contributed by atoms with Crippen molar-refractivity contribution >= 4 is 17.5 Å². The summed E-state index contributed by atoms with van der Waals surface area (Å²) in [4.78, 5) is 12.4. The summed E-state index contributed by atoms with van der Waals surface area (Å²) in [6.07, 6.45) is 2.16. The fourth-order valence-electron chi connectivity index (χ4n) is 2.84. The molecule has 3 rings (SSSR count). The van der Waals surface area contributed by atoms with Gasteiger partial charge in [0.1, 0.15) is 18.1 Å². The Morgan fingerprint density at radius 1 is 1.27 bits per heavy atom. The van der Waals surface area contributed by atoms with Gasteiger partial charge in [-0.2, -0.15) is 0 Å². The molecule has 1 fully saturated rings. The predicted molar refractivity (Wildman–Crippen MR) is 100 cm³/mol. The van der Waals surface area contributed by atoms with Gasteiger partial charge in [0.15, 0.2) is 0 Å². The molecule has 1 atom stereocenters. The van der Waals surface area contributed by atoms with E-state index < -0.39 is 0 Å². The number of rotatable bonds is 7. The van der Waals surface area contributed by atoms with Crippen molar-refractivity contribution in [1.82, 2.24) is 5.32 Å². The van der Waals surface area contributed by atoms with Crippen LogP contribution >= 0.6 is 11.6 Å². The zero-order valence-electron chi connectivity index (χ0n) is 14.7. The van der Waals surface area contributed by atoms with Crippen LogP contribution in [0.25, 0.3) is 0 Å². The van der Waals surface area contributed by atoms with Crippen molar-refractivity contribution in [2.45, 2.75) is 25.6 Å². The molecule has 0 aromatic heterocycles. The van der Waals surface area contributed by atoms with Gasteiger partial charge in [-0.15, -0.1) is 0 Å². The zero-order valence-corrected chi connectivity index (χ0v) is 15.4. The van der Waals surface area contributed by atoms with Gasteiger partial charge < -0.3 is 19.5 Å². The molecule has 26 heavy (non-hydrogen) atoms. The predicted octanol–water partition coefficient (Wildman–Crippen LogP) is 3.84. The van der Waals surface area contributed by atoms with Crippen molar-refractivity contribution < 1.29 is 19.0 Å². The number of ether oxygens (including phenoxy) is 3. The first-order valence-electron chi connectivity index (χ1n) is 8.61. The molecule has 0 bridgehead atoms. The number of amides is 1. The fourth-order valence-corrected chi connectivity index (χ4v) is 2.96. The maximum atomic E-state index is 12.4. The zero-order chi connectivity index (χ0) is 18.4. The standard InChI is InChI=1S/C20H22ClNO4/c1-24-19-9-4-14(20(23)22-12-18-3-2-10-25-18)11-15(19)13-26-17-7-5-16(21)6-8-17/h4-9,11,18H,2-3,10,12-13H2,1H3,(H,22,23)/t18-/m1/s1. The number of halogens is 1. The SMILES string of the molecule is COc1ccc(C(=O)NC[C@H]2CCCO2)cc1COc1ccc(Cl)cc1. The minimum absolute atomic E-state index is 0.116. The van der Waals surface area contributed by atoms with Gasteiger partial charge >= 0.3 is 0 Å². The van der Waals surface area contributed by atoms with E-state index in [-0.39, 0.29) is 18.6 Å². The Kier molecular flexibility index (Phi) is 6.36. The van der Waals surface area contributed by atoms with E-state index in [0.29, 0.717) is 28.6 Å².